The molecule has 0 unspecified atom stereocenters. The predicted molar refractivity (Wildman–Crippen MR) is 37.8 cm³/mol. The Hall–Kier alpha value is -0.110. The molecule has 0 fully saturated rings. The minimum atomic E-state index is 0.507. The molecule has 0 aromatic carbocycles. The van der Waals surface area contributed by atoms with E-state index in [0.29, 0.717) is 19.0 Å². The molecule has 0 spiro atoms. The minimum Gasteiger partial charge on any atom is -0.147 e. The van der Waals surface area contributed by atoms with Crippen molar-refractivity contribution in [1.82, 2.24) is 5.12 Å². The van der Waals surface area contributed by atoms with E-state index in [4.69, 9.17) is 0 Å². The van der Waals surface area contributed by atoms with Gasteiger partial charge in [-0.25, -0.2) is 0 Å². The molecule has 0 radical (unpaired) electrons. The molecule has 1 nitrogen and oxygen atoms in total. The zero-order chi connectivity index (χ0) is 7.28. The molecule has 0 aliphatic heterocycles. The van der Waals surface area contributed by atoms with Crippen molar-refractivity contribution in [3.63, 3.8) is 0 Å². The summed E-state index contributed by atoms with van der Waals surface area (Å²) in [6, 6.07) is 0. The Balaban J connectivity index is 3.06. The van der Waals surface area contributed by atoms with E-state index in [2.05, 4.69) is 13.8 Å². The summed E-state index contributed by atoms with van der Waals surface area (Å²) in [7, 11) is 0. The van der Waals surface area contributed by atoms with Gasteiger partial charge >= 0.3 is 0 Å². The van der Waals surface area contributed by atoms with Crippen LogP contribution in [0.4, 0.5) is 4.48 Å². The highest BCUT2D eigenvalue weighted by Crippen LogP contribution is 2.01. The van der Waals surface area contributed by atoms with E-state index < -0.39 is 0 Å². The van der Waals surface area contributed by atoms with Crippen LogP contribution in [0.3, 0.4) is 0 Å². The van der Waals surface area contributed by atoms with Gasteiger partial charge in [-0.05, 0) is 19.3 Å². The van der Waals surface area contributed by atoms with Gasteiger partial charge in [-0.15, -0.1) is 9.60 Å². The van der Waals surface area contributed by atoms with Crippen molar-refractivity contribution < 1.29 is 4.48 Å². The van der Waals surface area contributed by atoms with Crippen molar-refractivity contribution in [1.29, 1.82) is 0 Å². The number of rotatable bonds is 4. The SMILES string of the molecule is CCN(F)CCC(C)C. The van der Waals surface area contributed by atoms with Crippen LogP contribution in [0, 0.1) is 5.92 Å². The zero-order valence-electron chi connectivity index (χ0n) is 6.52. The summed E-state index contributed by atoms with van der Waals surface area (Å²) >= 11 is 0. The van der Waals surface area contributed by atoms with E-state index in [-0.39, 0.29) is 0 Å². The number of nitrogens with zero attached hydrogens (tertiary/aromatic N) is 1. The van der Waals surface area contributed by atoms with E-state index in [1.165, 1.54) is 0 Å². The fraction of sp³-hybridized carbons (Fsp3) is 1.00. The maximum Gasteiger partial charge on any atom is 0.0292 e. The van der Waals surface area contributed by atoms with Gasteiger partial charge in [-0.1, -0.05) is 13.8 Å². The zero-order valence-corrected chi connectivity index (χ0v) is 6.52. The third-order valence-electron chi connectivity index (χ3n) is 1.29. The maximum atomic E-state index is 12.3. The summed E-state index contributed by atoms with van der Waals surface area (Å²) in [6.45, 7) is 7.11. The van der Waals surface area contributed by atoms with Crippen molar-refractivity contribution in [3.8, 4) is 0 Å². The summed E-state index contributed by atoms with van der Waals surface area (Å²) in [6.07, 6.45) is 0.949. The molecule has 0 aliphatic carbocycles. The third-order valence-corrected chi connectivity index (χ3v) is 1.29. The fourth-order valence-electron chi connectivity index (χ4n) is 0.556. The lowest BCUT2D eigenvalue weighted by atomic mass is 10.1. The lowest BCUT2D eigenvalue weighted by Crippen LogP contribution is -2.15. The van der Waals surface area contributed by atoms with Crippen LogP contribution < -0.4 is 0 Å². The van der Waals surface area contributed by atoms with Crippen LogP contribution in [0.5, 0.6) is 0 Å². The van der Waals surface area contributed by atoms with Gasteiger partial charge in [0, 0.05) is 13.1 Å². The molecule has 0 saturated heterocycles. The normalized spacial score (nSPS) is 11.3. The molecule has 0 amide bonds. The number of hydrogen-bond acceptors (Lipinski definition) is 1. The average Bonchev–Trinajstić information content (AvgIpc) is 1.83. The van der Waals surface area contributed by atoms with Gasteiger partial charge in [-0.2, -0.15) is 0 Å². The summed E-state index contributed by atoms with van der Waals surface area (Å²) in [5.74, 6) is 0.606. The molecule has 0 saturated carbocycles. The van der Waals surface area contributed by atoms with Crippen molar-refractivity contribution in [2.75, 3.05) is 13.1 Å². The van der Waals surface area contributed by atoms with Gasteiger partial charge in [0.05, 0.1) is 0 Å². The van der Waals surface area contributed by atoms with Gasteiger partial charge in [-0.3, -0.25) is 0 Å². The molecule has 0 atom stereocenters. The monoisotopic (exact) mass is 133 g/mol. The van der Waals surface area contributed by atoms with E-state index in [1.54, 1.807) is 0 Å². The van der Waals surface area contributed by atoms with Gasteiger partial charge in [0.25, 0.3) is 0 Å². The molecule has 0 N–H and O–H groups in total. The second kappa shape index (κ2) is 4.74. The van der Waals surface area contributed by atoms with Gasteiger partial charge < -0.3 is 0 Å². The van der Waals surface area contributed by atoms with Crippen LogP contribution in [0.2, 0.25) is 0 Å². The van der Waals surface area contributed by atoms with Gasteiger partial charge in [0.1, 0.15) is 0 Å². The van der Waals surface area contributed by atoms with E-state index in [1.807, 2.05) is 6.92 Å². The molecular formula is C7H16FN. The Bertz CT molecular complexity index is 63.9. The number of hydrogen-bond donors (Lipinski definition) is 0. The highest BCUT2D eigenvalue weighted by Gasteiger charge is 1.99. The first-order valence-electron chi connectivity index (χ1n) is 3.57. The fourth-order valence-corrected chi connectivity index (χ4v) is 0.556. The van der Waals surface area contributed by atoms with Crippen molar-refractivity contribution >= 4 is 0 Å². The highest BCUT2D eigenvalue weighted by molar-refractivity contribution is 4.47. The second-order valence-electron chi connectivity index (χ2n) is 2.69. The molecule has 0 aliphatic rings. The first-order valence-corrected chi connectivity index (χ1v) is 3.57. The minimum absolute atomic E-state index is 0.507. The smallest absolute Gasteiger partial charge is 0.0292 e. The molecule has 0 aromatic rings. The molecule has 9 heavy (non-hydrogen) atoms. The Kier molecular flexibility index (Phi) is 4.68. The highest BCUT2D eigenvalue weighted by atomic mass is 19.2. The van der Waals surface area contributed by atoms with E-state index in [0.717, 1.165) is 11.5 Å². The lowest BCUT2D eigenvalue weighted by Gasteiger charge is -2.09. The van der Waals surface area contributed by atoms with Crippen LogP contribution in [0.1, 0.15) is 27.2 Å². The van der Waals surface area contributed by atoms with Crippen molar-refractivity contribution in [2.24, 2.45) is 5.92 Å². The van der Waals surface area contributed by atoms with E-state index >= 15 is 0 Å². The van der Waals surface area contributed by atoms with E-state index in [9.17, 15) is 4.48 Å². The topological polar surface area (TPSA) is 3.24 Å². The van der Waals surface area contributed by atoms with Crippen LogP contribution in [-0.4, -0.2) is 18.2 Å². The van der Waals surface area contributed by atoms with Gasteiger partial charge in [0.2, 0.25) is 0 Å². The van der Waals surface area contributed by atoms with Crippen LogP contribution >= 0.6 is 0 Å². The van der Waals surface area contributed by atoms with Crippen molar-refractivity contribution in [2.45, 2.75) is 27.2 Å². The molecular weight excluding hydrogens is 117 g/mol. The summed E-state index contributed by atoms with van der Waals surface area (Å²) in [5, 5.41) is 0.847. The summed E-state index contributed by atoms with van der Waals surface area (Å²) in [4.78, 5) is 0. The molecule has 0 rings (SSSR count). The molecule has 0 heterocycles. The van der Waals surface area contributed by atoms with Crippen molar-refractivity contribution in [3.05, 3.63) is 0 Å². The van der Waals surface area contributed by atoms with Crippen LogP contribution in [0.25, 0.3) is 0 Å². The summed E-state index contributed by atoms with van der Waals surface area (Å²) in [5.41, 5.74) is 0. The average molecular weight is 133 g/mol. The lowest BCUT2D eigenvalue weighted by molar-refractivity contribution is 0.0273. The molecule has 0 bridgehead atoms. The molecule has 56 valence electrons. The van der Waals surface area contributed by atoms with Crippen LogP contribution in [0.15, 0.2) is 0 Å². The largest absolute Gasteiger partial charge is 0.147 e. The number of halogens is 1. The van der Waals surface area contributed by atoms with Crippen LogP contribution in [-0.2, 0) is 0 Å². The molecule has 2 heteroatoms. The maximum absolute atomic E-state index is 12.3. The standard InChI is InChI=1S/C7H16FN/c1-4-9(8)6-5-7(2)3/h7H,4-6H2,1-3H3. The summed E-state index contributed by atoms with van der Waals surface area (Å²) < 4.78 is 12.3. The molecule has 0 aromatic heterocycles. The quantitative estimate of drug-likeness (QED) is 0.531. The Morgan fingerprint density at radius 2 is 2.00 bits per heavy atom. The second-order valence-corrected chi connectivity index (χ2v) is 2.69. The Morgan fingerprint density at radius 3 is 2.33 bits per heavy atom. The third kappa shape index (κ3) is 5.77. The Morgan fingerprint density at radius 1 is 1.44 bits per heavy atom. The first-order chi connectivity index (χ1) is 4.16. The van der Waals surface area contributed by atoms with Gasteiger partial charge in [0.15, 0.2) is 0 Å². The Labute approximate surface area is 56.8 Å². The first kappa shape index (κ1) is 8.89. The predicted octanol–water partition coefficient (Wildman–Crippen LogP) is 2.24.